The van der Waals surface area contributed by atoms with Crippen molar-refractivity contribution in [2.24, 2.45) is 11.8 Å². The topological polar surface area (TPSA) is 35.5 Å². The van der Waals surface area contributed by atoms with Crippen LogP contribution in [0, 0.1) is 11.8 Å². The number of rotatable bonds is 8. The molecule has 29 heavy (non-hydrogen) atoms. The van der Waals surface area contributed by atoms with Gasteiger partial charge in [0.25, 0.3) is 8.32 Å². The number of esters is 1. The van der Waals surface area contributed by atoms with Gasteiger partial charge in [-0.15, -0.1) is 0 Å². The van der Waals surface area contributed by atoms with Crippen molar-refractivity contribution in [2.45, 2.75) is 52.0 Å². The Balaban J connectivity index is 1.80. The molecule has 4 heteroatoms. The van der Waals surface area contributed by atoms with E-state index in [4.69, 9.17) is 9.16 Å². The third-order valence-corrected chi connectivity index (χ3v) is 11.2. The third kappa shape index (κ3) is 4.64. The lowest BCUT2D eigenvalue weighted by Crippen LogP contribution is -2.66. The van der Waals surface area contributed by atoms with Gasteiger partial charge >= 0.3 is 5.97 Å². The normalized spacial score (nSPS) is 18.5. The van der Waals surface area contributed by atoms with Crippen LogP contribution in [-0.2, 0) is 14.0 Å². The molecule has 1 aliphatic heterocycles. The maximum absolute atomic E-state index is 11.9. The van der Waals surface area contributed by atoms with Gasteiger partial charge in [-0.1, -0.05) is 88.4 Å². The average molecular weight is 411 g/mol. The Hall–Kier alpha value is -1.91. The first-order chi connectivity index (χ1) is 13.9. The predicted molar refractivity (Wildman–Crippen MR) is 121 cm³/mol. The minimum absolute atomic E-state index is 0.00339. The molecular weight excluding hydrogens is 376 g/mol. The molecule has 2 aromatic carbocycles. The van der Waals surface area contributed by atoms with Crippen LogP contribution in [0.15, 0.2) is 60.7 Å². The molecule has 0 aliphatic carbocycles. The first-order valence-electron chi connectivity index (χ1n) is 10.8. The average Bonchev–Trinajstić information content (AvgIpc) is 3.14. The summed E-state index contributed by atoms with van der Waals surface area (Å²) in [6, 6.07) is 21.5. The lowest BCUT2D eigenvalue weighted by molar-refractivity contribution is -0.142. The van der Waals surface area contributed by atoms with Crippen molar-refractivity contribution in [2.75, 3.05) is 13.2 Å². The highest BCUT2D eigenvalue weighted by atomic mass is 28.4. The fraction of sp³-hybridized carbons (Fsp3) is 0.480. The monoisotopic (exact) mass is 410 g/mol. The van der Waals surface area contributed by atoms with Crippen LogP contribution in [0.4, 0.5) is 0 Å². The van der Waals surface area contributed by atoms with E-state index in [1.54, 1.807) is 0 Å². The lowest BCUT2D eigenvalue weighted by Gasteiger charge is -2.43. The van der Waals surface area contributed by atoms with Gasteiger partial charge < -0.3 is 9.16 Å². The fourth-order valence-corrected chi connectivity index (χ4v) is 9.23. The van der Waals surface area contributed by atoms with Crippen molar-refractivity contribution in [3.63, 3.8) is 0 Å². The summed E-state index contributed by atoms with van der Waals surface area (Å²) in [6.07, 6.45) is 2.79. The first-order valence-corrected chi connectivity index (χ1v) is 12.7. The van der Waals surface area contributed by atoms with Crippen molar-refractivity contribution in [1.29, 1.82) is 0 Å². The minimum Gasteiger partial charge on any atom is -0.465 e. The minimum atomic E-state index is -2.46. The summed E-state index contributed by atoms with van der Waals surface area (Å²) in [4.78, 5) is 11.9. The smallest absolute Gasteiger partial charge is 0.309 e. The molecule has 2 atom stereocenters. The quantitative estimate of drug-likeness (QED) is 0.364. The molecule has 0 bridgehead atoms. The fourth-order valence-electron chi connectivity index (χ4n) is 4.62. The summed E-state index contributed by atoms with van der Waals surface area (Å²) in [5.41, 5.74) is 0. The highest BCUT2D eigenvalue weighted by Crippen LogP contribution is 2.37. The molecule has 0 aromatic heterocycles. The van der Waals surface area contributed by atoms with Crippen LogP contribution in [0.5, 0.6) is 0 Å². The van der Waals surface area contributed by atoms with E-state index in [-0.39, 0.29) is 16.9 Å². The van der Waals surface area contributed by atoms with E-state index in [0.717, 1.165) is 19.3 Å². The van der Waals surface area contributed by atoms with Gasteiger partial charge in [-0.05, 0) is 40.6 Å². The Morgan fingerprint density at radius 2 is 1.59 bits per heavy atom. The maximum atomic E-state index is 11.9. The second-order valence-electron chi connectivity index (χ2n) is 9.19. The van der Waals surface area contributed by atoms with Crippen LogP contribution in [0.2, 0.25) is 5.04 Å². The summed E-state index contributed by atoms with van der Waals surface area (Å²) >= 11 is 0. The van der Waals surface area contributed by atoms with Crippen molar-refractivity contribution in [3.05, 3.63) is 60.7 Å². The van der Waals surface area contributed by atoms with E-state index in [0.29, 0.717) is 19.1 Å². The highest BCUT2D eigenvalue weighted by molar-refractivity contribution is 6.99. The molecule has 0 spiro atoms. The van der Waals surface area contributed by atoms with E-state index in [1.807, 2.05) is 0 Å². The first kappa shape index (κ1) is 21.8. The molecule has 0 unspecified atom stereocenters. The molecule has 0 radical (unpaired) electrons. The molecule has 0 amide bonds. The van der Waals surface area contributed by atoms with Gasteiger partial charge in [0.05, 0.1) is 12.5 Å². The summed E-state index contributed by atoms with van der Waals surface area (Å²) < 4.78 is 12.1. The predicted octanol–water partition coefficient (Wildman–Crippen LogP) is 4.54. The van der Waals surface area contributed by atoms with E-state index < -0.39 is 8.32 Å². The maximum Gasteiger partial charge on any atom is 0.309 e. The summed E-state index contributed by atoms with van der Waals surface area (Å²) in [7, 11) is -2.46. The Labute approximate surface area is 176 Å². The molecule has 3 nitrogen and oxygen atoms in total. The third-order valence-electron chi connectivity index (χ3n) is 6.20. The van der Waals surface area contributed by atoms with Crippen LogP contribution < -0.4 is 10.4 Å². The summed E-state index contributed by atoms with van der Waals surface area (Å²) in [5, 5.41) is 2.62. The second-order valence-corrected chi connectivity index (χ2v) is 13.5. The number of hydrogen-bond acceptors (Lipinski definition) is 3. The number of ether oxygens (including phenoxy) is 1. The highest BCUT2D eigenvalue weighted by Gasteiger charge is 2.50. The molecule has 0 saturated carbocycles. The van der Waals surface area contributed by atoms with E-state index in [1.165, 1.54) is 10.4 Å². The molecule has 2 aromatic rings. The zero-order valence-corrected chi connectivity index (χ0v) is 19.2. The van der Waals surface area contributed by atoms with Crippen molar-refractivity contribution in [3.8, 4) is 0 Å². The van der Waals surface area contributed by atoms with Crippen molar-refractivity contribution >= 4 is 24.7 Å². The second kappa shape index (κ2) is 9.27. The SMILES string of the molecule is C[C@H](CCCO[Si](c1ccccc1)(c1ccccc1)C(C)(C)C)[C@H]1CCOC1=O. The van der Waals surface area contributed by atoms with Gasteiger partial charge in [-0.3, -0.25) is 4.79 Å². The Bertz CT molecular complexity index is 743. The zero-order chi connectivity index (χ0) is 20.9. The number of benzene rings is 2. The van der Waals surface area contributed by atoms with Crippen molar-refractivity contribution in [1.82, 2.24) is 0 Å². The van der Waals surface area contributed by atoms with Crippen LogP contribution in [0.3, 0.4) is 0 Å². The van der Waals surface area contributed by atoms with Gasteiger partial charge in [0.1, 0.15) is 0 Å². The Morgan fingerprint density at radius 1 is 1.03 bits per heavy atom. The van der Waals surface area contributed by atoms with Crippen LogP contribution in [0.1, 0.15) is 47.0 Å². The zero-order valence-electron chi connectivity index (χ0n) is 18.2. The van der Waals surface area contributed by atoms with Gasteiger partial charge in [0, 0.05) is 6.61 Å². The van der Waals surface area contributed by atoms with Gasteiger partial charge in [-0.25, -0.2) is 0 Å². The summed E-state index contributed by atoms with van der Waals surface area (Å²) in [6.45, 7) is 10.4. The lowest BCUT2D eigenvalue weighted by atomic mass is 9.89. The number of hydrogen-bond donors (Lipinski definition) is 0. The Morgan fingerprint density at radius 3 is 2.03 bits per heavy atom. The molecular formula is C25H34O3Si. The Kier molecular flexibility index (Phi) is 6.96. The number of carbonyl (C=O) groups is 1. The van der Waals surface area contributed by atoms with E-state index in [9.17, 15) is 4.79 Å². The number of cyclic esters (lactones) is 1. The molecule has 156 valence electrons. The number of carbonyl (C=O) groups excluding carboxylic acids is 1. The van der Waals surface area contributed by atoms with Gasteiger partial charge in [0.15, 0.2) is 0 Å². The van der Waals surface area contributed by atoms with Gasteiger partial charge in [-0.2, -0.15) is 0 Å². The van der Waals surface area contributed by atoms with Crippen LogP contribution in [0.25, 0.3) is 0 Å². The van der Waals surface area contributed by atoms with E-state index in [2.05, 4.69) is 88.4 Å². The molecule has 1 saturated heterocycles. The molecule has 1 fully saturated rings. The molecule has 0 N–H and O–H groups in total. The van der Waals surface area contributed by atoms with E-state index >= 15 is 0 Å². The van der Waals surface area contributed by atoms with Crippen LogP contribution >= 0.6 is 0 Å². The summed E-state index contributed by atoms with van der Waals surface area (Å²) in [5.74, 6) is 0.376. The standard InChI is InChI=1S/C25H34O3Si/c1-20(23-17-19-27-24(23)26)12-11-18-28-29(25(2,3)4,21-13-7-5-8-14-21)22-15-9-6-10-16-22/h5-10,13-16,20,23H,11-12,17-19H2,1-4H3/t20-,23-/m1/s1. The largest absolute Gasteiger partial charge is 0.465 e. The molecule has 1 heterocycles. The molecule has 3 rings (SSSR count). The van der Waals surface area contributed by atoms with Crippen molar-refractivity contribution < 1.29 is 14.0 Å². The molecule has 1 aliphatic rings. The van der Waals surface area contributed by atoms with Crippen LogP contribution in [-0.4, -0.2) is 27.5 Å². The van der Waals surface area contributed by atoms with Gasteiger partial charge in [0.2, 0.25) is 0 Å².